The van der Waals surface area contributed by atoms with Crippen LogP contribution in [0.1, 0.15) is 13.8 Å². The highest BCUT2D eigenvalue weighted by molar-refractivity contribution is 5.85. The molecular formula is C5H16Cl2N2. The van der Waals surface area contributed by atoms with Crippen LogP contribution >= 0.6 is 24.8 Å². The van der Waals surface area contributed by atoms with Gasteiger partial charge < -0.3 is 11.1 Å². The third kappa shape index (κ3) is 8.50. The highest BCUT2D eigenvalue weighted by atomic mass is 35.5. The van der Waals surface area contributed by atoms with Gasteiger partial charge in [0.05, 0.1) is 0 Å². The number of nitrogens with one attached hydrogen (secondary N) is 1. The van der Waals surface area contributed by atoms with Gasteiger partial charge in [0.2, 0.25) is 0 Å². The van der Waals surface area contributed by atoms with Crippen LogP contribution in [0.2, 0.25) is 0 Å². The average Bonchev–Trinajstić information content (AvgIpc) is 1.65. The second-order valence-corrected chi connectivity index (χ2v) is 1.94. The molecule has 2 nitrogen and oxygen atoms in total. The Morgan fingerprint density at radius 2 is 1.56 bits per heavy atom. The number of halogens is 2. The van der Waals surface area contributed by atoms with Crippen molar-refractivity contribution in [2.75, 3.05) is 7.05 Å². The molecule has 0 heterocycles. The molecule has 2 atom stereocenters. The molecule has 0 aromatic carbocycles. The van der Waals surface area contributed by atoms with Gasteiger partial charge in [-0.2, -0.15) is 0 Å². The number of nitrogens with two attached hydrogens (primary N) is 1. The van der Waals surface area contributed by atoms with Gasteiger partial charge in [-0.05, 0) is 20.9 Å². The molecule has 0 saturated carbocycles. The van der Waals surface area contributed by atoms with Crippen LogP contribution in [0.15, 0.2) is 0 Å². The minimum atomic E-state index is 0. The topological polar surface area (TPSA) is 38.0 Å². The van der Waals surface area contributed by atoms with E-state index in [-0.39, 0.29) is 30.9 Å². The quantitative estimate of drug-likeness (QED) is 0.651. The lowest BCUT2D eigenvalue weighted by Crippen LogP contribution is -2.38. The molecule has 0 aliphatic rings. The Morgan fingerprint density at radius 3 is 1.56 bits per heavy atom. The molecule has 0 rings (SSSR count). The second-order valence-electron chi connectivity index (χ2n) is 1.94. The van der Waals surface area contributed by atoms with Crippen molar-refractivity contribution in [1.82, 2.24) is 5.32 Å². The third-order valence-electron chi connectivity index (χ3n) is 1.24. The standard InChI is InChI=1S/C5H14N2.2ClH/c1-4(6)5(2)7-3;;/h4-5,7H,6H2,1-3H3;2*1H. The first kappa shape index (κ1) is 16.2. The smallest absolute Gasteiger partial charge is 0.0185 e. The summed E-state index contributed by atoms with van der Waals surface area (Å²) < 4.78 is 0. The van der Waals surface area contributed by atoms with Crippen LogP contribution in [0.4, 0.5) is 0 Å². The van der Waals surface area contributed by atoms with E-state index in [2.05, 4.69) is 12.2 Å². The van der Waals surface area contributed by atoms with Crippen LogP contribution in [0.5, 0.6) is 0 Å². The van der Waals surface area contributed by atoms with Crippen molar-refractivity contribution < 1.29 is 0 Å². The van der Waals surface area contributed by atoms with Crippen molar-refractivity contribution in [3.05, 3.63) is 0 Å². The molecule has 4 heteroatoms. The number of rotatable bonds is 2. The summed E-state index contributed by atoms with van der Waals surface area (Å²) in [6.45, 7) is 4.05. The molecule has 3 N–H and O–H groups in total. The van der Waals surface area contributed by atoms with Gasteiger partial charge in [-0.15, -0.1) is 24.8 Å². The van der Waals surface area contributed by atoms with Gasteiger partial charge >= 0.3 is 0 Å². The number of hydrogen-bond donors (Lipinski definition) is 2. The van der Waals surface area contributed by atoms with Crippen LogP contribution in [-0.4, -0.2) is 19.1 Å². The average molecular weight is 175 g/mol. The summed E-state index contributed by atoms with van der Waals surface area (Å²) >= 11 is 0. The molecule has 0 aliphatic heterocycles. The number of hydrogen-bond acceptors (Lipinski definition) is 2. The lowest BCUT2D eigenvalue weighted by Gasteiger charge is -2.12. The molecule has 0 aromatic rings. The fourth-order valence-electron chi connectivity index (χ4n) is 0.263. The van der Waals surface area contributed by atoms with Crippen molar-refractivity contribution in [1.29, 1.82) is 0 Å². The van der Waals surface area contributed by atoms with Crippen LogP contribution in [0.25, 0.3) is 0 Å². The first-order valence-electron chi connectivity index (χ1n) is 2.61. The predicted molar refractivity (Wildman–Crippen MR) is 46.7 cm³/mol. The zero-order valence-electron chi connectivity index (χ0n) is 6.05. The van der Waals surface area contributed by atoms with Crippen LogP contribution in [0.3, 0.4) is 0 Å². The zero-order chi connectivity index (χ0) is 5.86. The summed E-state index contributed by atoms with van der Waals surface area (Å²) in [6, 6.07) is 0.685. The summed E-state index contributed by atoms with van der Waals surface area (Å²) in [5.41, 5.74) is 5.48. The predicted octanol–water partition coefficient (Wildman–Crippen LogP) is 0.785. The Kier molecular flexibility index (Phi) is 15.3. The fraction of sp³-hybridized carbons (Fsp3) is 1.00. The highest BCUT2D eigenvalue weighted by Gasteiger charge is 2.00. The van der Waals surface area contributed by atoms with Crippen LogP contribution in [0, 0.1) is 0 Å². The molecule has 0 aliphatic carbocycles. The zero-order valence-corrected chi connectivity index (χ0v) is 7.68. The van der Waals surface area contributed by atoms with E-state index in [1.54, 1.807) is 0 Å². The lowest BCUT2D eigenvalue weighted by molar-refractivity contribution is 0.519. The molecule has 9 heavy (non-hydrogen) atoms. The summed E-state index contributed by atoms with van der Waals surface area (Å²) in [6.07, 6.45) is 0. The maximum absolute atomic E-state index is 5.48. The summed E-state index contributed by atoms with van der Waals surface area (Å²) in [5, 5.41) is 3.04. The lowest BCUT2D eigenvalue weighted by atomic mass is 10.2. The molecular weight excluding hydrogens is 159 g/mol. The van der Waals surface area contributed by atoms with E-state index in [1.807, 2.05) is 14.0 Å². The van der Waals surface area contributed by atoms with E-state index in [1.165, 1.54) is 0 Å². The second kappa shape index (κ2) is 8.50. The maximum atomic E-state index is 5.48. The third-order valence-corrected chi connectivity index (χ3v) is 1.24. The van der Waals surface area contributed by atoms with E-state index in [0.717, 1.165) is 0 Å². The highest BCUT2D eigenvalue weighted by Crippen LogP contribution is 1.82. The Hall–Kier alpha value is 0.500. The largest absolute Gasteiger partial charge is 0.327 e. The molecule has 2 unspecified atom stereocenters. The Labute approximate surface area is 69.4 Å². The molecule has 0 radical (unpaired) electrons. The van der Waals surface area contributed by atoms with E-state index >= 15 is 0 Å². The normalized spacial score (nSPS) is 14.7. The minimum Gasteiger partial charge on any atom is -0.327 e. The van der Waals surface area contributed by atoms with Gasteiger partial charge in [0.25, 0.3) is 0 Å². The van der Waals surface area contributed by atoms with Gasteiger partial charge in [-0.1, -0.05) is 0 Å². The molecule has 0 fully saturated rings. The first-order chi connectivity index (χ1) is 3.18. The van der Waals surface area contributed by atoms with Gasteiger partial charge in [0.1, 0.15) is 0 Å². The molecule has 0 aromatic heterocycles. The molecule has 0 bridgehead atoms. The monoisotopic (exact) mass is 174 g/mol. The van der Waals surface area contributed by atoms with Crippen molar-refractivity contribution >= 4 is 24.8 Å². The maximum Gasteiger partial charge on any atom is 0.0185 e. The van der Waals surface area contributed by atoms with Crippen molar-refractivity contribution in [3.8, 4) is 0 Å². The first-order valence-corrected chi connectivity index (χ1v) is 2.61. The van der Waals surface area contributed by atoms with Gasteiger partial charge in [0, 0.05) is 12.1 Å². The minimum absolute atomic E-state index is 0. The summed E-state index contributed by atoms with van der Waals surface area (Å²) in [7, 11) is 1.91. The Balaban J connectivity index is -0.000000180. The van der Waals surface area contributed by atoms with Gasteiger partial charge in [0.15, 0.2) is 0 Å². The van der Waals surface area contributed by atoms with Crippen LogP contribution in [-0.2, 0) is 0 Å². The van der Waals surface area contributed by atoms with Gasteiger partial charge in [-0.3, -0.25) is 0 Å². The molecule has 60 valence electrons. The van der Waals surface area contributed by atoms with Crippen molar-refractivity contribution in [3.63, 3.8) is 0 Å². The van der Waals surface area contributed by atoms with Crippen LogP contribution < -0.4 is 11.1 Å². The Morgan fingerprint density at radius 1 is 1.22 bits per heavy atom. The van der Waals surface area contributed by atoms with E-state index in [0.29, 0.717) is 6.04 Å². The van der Waals surface area contributed by atoms with Gasteiger partial charge in [-0.25, -0.2) is 0 Å². The van der Waals surface area contributed by atoms with Crippen molar-refractivity contribution in [2.45, 2.75) is 25.9 Å². The molecule has 0 amide bonds. The number of likely N-dealkylation sites (N-methyl/N-ethyl adjacent to an activating group) is 1. The molecule has 0 saturated heterocycles. The SMILES string of the molecule is CNC(C)C(C)N.Cl.Cl. The van der Waals surface area contributed by atoms with Crippen molar-refractivity contribution in [2.24, 2.45) is 5.73 Å². The van der Waals surface area contributed by atoms with E-state index < -0.39 is 0 Å². The fourth-order valence-corrected chi connectivity index (χ4v) is 0.263. The Bertz CT molecular complexity index is 50.2. The summed E-state index contributed by atoms with van der Waals surface area (Å²) in [5.74, 6) is 0. The van der Waals surface area contributed by atoms with E-state index in [9.17, 15) is 0 Å². The summed E-state index contributed by atoms with van der Waals surface area (Å²) in [4.78, 5) is 0. The molecule has 0 spiro atoms. The van der Waals surface area contributed by atoms with E-state index in [4.69, 9.17) is 5.73 Å².